The van der Waals surface area contributed by atoms with Crippen LogP contribution in [0, 0.1) is 10.1 Å². The van der Waals surface area contributed by atoms with Crippen molar-refractivity contribution in [1.29, 1.82) is 0 Å². The Morgan fingerprint density at radius 2 is 2.32 bits per heavy atom. The van der Waals surface area contributed by atoms with E-state index in [1.54, 1.807) is 0 Å². The Kier molecular flexibility index (Phi) is 4.01. The van der Waals surface area contributed by atoms with Crippen molar-refractivity contribution in [2.75, 3.05) is 20.1 Å². The molecule has 1 unspecified atom stereocenters. The van der Waals surface area contributed by atoms with Crippen molar-refractivity contribution in [2.24, 2.45) is 0 Å². The van der Waals surface area contributed by atoms with Crippen LogP contribution in [0.2, 0.25) is 5.02 Å². The number of amides is 1. The topological polar surface area (TPSA) is 75.5 Å². The summed E-state index contributed by atoms with van der Waals surface area (Å²) in [7, 11) is 1.97. The van der Waals surface area contributed by atoms with Gasteiger partial charge in [-0.2, -0.15) is 0 Å². The zero-order valence-corrected chi connectivity index (χ0v) is 11.2. The monoisotopic (exact) mass is 283 g/mol. The predicted molar refractivity (Wildman–Crippen MR) is 71.5 cm³/mol. The van der Waals surface area contributed by atoms with Gasteiger partial charge in [0.25, 0.3) is 5.91 Å². The highest BCUT2D eigenvalue weighted by atomic mass is 35.5. The number of nitrogens with zero attached hydrogens (tertiary/aromatic N) is 2. The molecule has 1 N–H and O–H groups in total. The van der Waals surface area contributed by atoms with E-state index in [4.69, 9.17) is 11.6 Å². The van der Waals surface area contributed by atoms with Crippen LogP contribution in [0.4, 0.5) is 5.69 Å². The average Bonchev–Trinajstić information content (AvgIpc) is 2.73. The Hall–Kier alpha value is -1.66. The smallest absolute Gasteiger partial charge is 0.300 e. The average molecular weight is 284 g/mol. The fourth-order valence-electron chi connectivity index (χ4n) is 2.20. The molecule has 0 aliphatic carbocycles. The Bertz CT molecular complexity index is 521. The summed E-state index contributed by atoms with van der Waals surface area (Å²) in [6, 6.07) is 4.37. The molecule has 6 nitrogen and oxygen atoms in total. The van der Waals surface area contributed by atoms with Gasteiger partial charge in [-0.15, -0.1) is 0 Å². The fraction of sp³-hybridized carbons (Fsp3) is 0.417. The van der Waals surface area contributed by atoms with Crippen LogP contribution in [0.15, 0.2) is 18.2 Å². The summed E-state index contributed by atoms with van der Waals surface area (Å²) < 4.78 is 0. The van der Waals surface area contributed by atoms with E-state index in [1.807, 2.05) is 7.05 Å². The second-order valence-corrected chi connectivity index (χ2v) is 5.02. The standard InChI is InChI=1S/C12H14ClN3O3/c1-15-6-5-8(7-15)14-12(17)9-3-2-4-10(13)11(9)16(18)19/h2-4,8H,5-7H2,1H3,(H,14,17). The molecule has 1 aliphatic rings. The van der Waals surface area contributed by atoms with Crippen molar-refractivity contribution in [3.8, 4) is 0 Å². The summed E-state index contributed by atoms with van der Waals surface area (Å²) in [4.78, 5) is 24.5. The van der Waals surface area contributed by atoms with Gasteiger partial charge in [-0.1, -0.05) is 17.7 Å². The maximum Gasteiger partial charge on any atom is 0.300 e. The molecule has 1 fully saturated rings. The third kappa shape index (κ3) is 3.02. The zero-order chi connectivity index (χ0) is 14.0. The highest BCUT2D eigenvalue weighted by Gasteiger charge is 2.27. The van der Waals surface area contributed by atoms with Crippen LogP contribution in [-0.2, 0) is 0 Å². The molecule has 0 spiro atoms. The number of rotatable bonds is 3. The Balaban J connectivity index is 2.19. The van der Waals surface area contributed by atoms with Crippen molar-refractivity contribution in [1.82, 2.24) is 10.2 Å². The Labute approximate surface area is 115 Å². The largest absolute Gasteiger partial charge is 0.348 e. The lowest BCUT2D eigenvalue weighted by molar-refractivity contribution is -0.385. The number of hydrogen-bond acceptors (Lipinski definition) is 4. The van der Waals surface area contributed by atoms with E-state index in [9.17, 15) is 14.9 Å². The lowest BCUT2D eigenvalue weighted by Crippen LogP contribution is -2.36. The number of benzene rings is 1. The molecule has 102 valence electrons. The second-order valence-electron chi connectivity index (χ2n) is 4.61. The van der Waals surface area contributed by atoms with Crippen LogP contribution in [0.5, 0.6) is 0 Å². The van der Waals surface area contributed by atoms with Gasteiger partial charge >= 0.3 is 5.69 Å². The van der Waals surface area contributed by atoms with Gasteiger partial charge in [-0.25, -0.2) is 0 Å². The summed E-state index contributed by atoms with van der Waals surface area (Å²) >= 11 is 5.78. The van der Waals surface area contributed by atoms with Gasteiger partial charge in [0.2, 0.25) is 0 Å². The molecule has 2 rings (SSSR count). The molecule has 1 amide bonds. The molecular weight excluding hydrogens is 270 g/mol. The van der Waals surface area contributed by atoms with Crippen molar-refractivity contribution < 1.29 is 9.72 Å². The Morgan fingerprint density at radius 3 is 2.89 bits per heavy atom. The number of carbonyl (C=O) groups excluding carboxylic acids is 1. The first-order valence-electron chi connectivity index (χ1n) is 5.91. The molecule has 0 saturated carbocycles. The van der Waals surface area contributed by atoms with Gasteiger partial charge in [-0.3, -0.25) is 14.9 Å². The molecule has 0 radical (unpaired) electrons. The number of halogens is 1. The third-order valence-corrected chi connectivity index (χ3v) is 3.45. The van der Waals surface area contributed by atoms with Crippen molar-refractivity contribution >= 4 is 23.2 Å². The third-order valence-electron chi connectivity index (χ3n) is 3.14. The highest BCUT2D eigenvalue weighted by Crippen LogP contribution is 2.28. The number of nitrogens with one attached hydrogen (secondary N) is 1. The molecule has 1 atom stereocenters. The quantitative estimate of drug-likeness (QED) is 0.676. The summed E-state index contributed by atoms with van der Waals surface area (Å²) in [5, 5.41) is 13.7. The number of para-hydroxylation sites is 1. The van der Waals surface area contributed by atoms with E-state index in [0.717, 1.165) is 19.5 Å². The minimum absolute atomic E-state index is 0.00653. The fourth-order valence-corrected chi connectivity index (χ4v) is 2.44. The minimum Gasteiger partial charge on any atom is -0.348 e. The molecular formula is C12H14ClN3O3. The lowest BCUT2D eigenvalue weighted by atomic mass is 10.1. The van der Waals surface area contributed by atoms with E-state index in [-0.39, 0.29) is 22.3 Å². The molecule has 19 heavy (non-hydrogen) atoms. The number of hydrogen-bond donors (Lipinski definition) is 1. The summed E-state index contributed by atoms with van der Waals surface area (Å²) in [5.41, 5.74) is -0.333. The molecule has 7 heteroatoms. The maximum atomic E-state index is 12.1. The van der Waals surface area contributed by atoms with Crippen LogP contribution >= 0.6 is 11.6 Å². The summed E-state index contributed by atoms with van der Waals surface area (Å²) in [6.07, 6.45) is 0.844. The van der Waals surface area contributed by atoms with Gasteiger partial charge in [0.05, 0.1) is 4.92 Å². The van der Waals surface area contributed by atoms with Crippen LogP contribution in [0.3, 0.4) is 0 Å². The number of likely N-dealkylation sites (tertiary alicyclic amines) is 1. The molecule has 1 aromatic rings. The highest BCUT2D eigenvalue weighted by molar-refractivity contribution is 6.33. The normalized spacial score (nSPS) is 19.4. The summed E-state index contributed by atoms with van der Waals surface area (Å²) in [6.45, 7) is 1.66. The van der Waals surface area contributed by atoms with Crippen LogP contribution in [0.1, 0.15) is 16.8 Å². The molecule has 0 bridgehead atoms. The van der Waals surface area contributed by atoms with Crippen LogP contribution in [-0.4, -0.2) is 41.9 Å². The van der Waals surface area contributed by atoms with E-state index in [2.05, 4.69) is 10.2 Å². The molecule has 1 saturated heterocycles. The predicted octanol–water partition coefficient (Wildman–Crippen LogP) is 1.68. The van der Waals surface area contributed by atoms with Crippen molar-refractivity contribution in [2.45, 2.75) is 12.5 Å². The first-order chi connectivity index (χ1) is 8.99. The second kappa shape index (κ2) is 5.54. The maximum absolute atomic E-state index is 12.1. The minimum atomic E-state index is -0.627. The van der Waals surface area contributed by atoms with E-state index >= 15 is 0 Å². The van der Waals surface area contributed by atoms with Crippen LogP contribution in [0.25, 0.3) is 0 Å². The number of nitro benzene ring substituents is 1. The van der Waals surface area contributed by atoms with Gasteiger partial charge in [0.1, 0.15) is 10.6 Å². The number of likely N-dealkylation sites (N-methyl/N-ethyl adjacent to an activating group) is 1. The molecule has 1 aromatic carbocycles. The number of nitro groups is 1. The van der Waals surface area contributed by atoms with E-state index < -0.39 is 10.8 Å². The van der Waals surface area contributed by atoms with E-state index in [1.165, 1.54) is 18.2 Å². The van der Waals surface area contributed by atoms with Crippen molar-refractivity contribution in [3.63, 3.8) is 0 Å². The Morgan fingerprint density at radius 1 is 1.58 bits per heavy atom. The van der Waals surface area contributed by atoms with Gasteiger partial charge in [0.15, 0.2) is 0 Å². The van der Waals surface area contributed by atoms with Crippen molar-refractivity contribution in [3.05, 3.63) is 38.9 Å². The van der Waals surface area contributed by atoms with Crippen LogP contribution < -0.4 is 5.32 Å². The first kappa shape index (κ1) is 13.8. The lowest BCUT2D eigenvalue weighted by Gasteiger charge is -2.13. The zero-order valence-electron chi connectivity index (χ0n) is 10.4. The van der Waals surface area contributed by atoms with Gasteiger partial charge in [-0.05, 0) is 32.1 Å². The molecule has 1 heterocycles. The first-order valence-corrected chi connectivity index (χ1v) is 6.29. The number of carbonyl (C=O) groups is 1. The van der Waals surface area contributed by atoms with Gasteiger partial charge in [0, 0.05) is 12.6 Å². The SMILES string of the molecule is CN1CCC(NC(=O)c2cccc(Cl)c2[N+](=O)[O-])C1. The summed E-state index contributed by atoms with van der Waals surface area (Å²) in [5.74, 6) is -0.450. The van der Waals surface area contributed by atoms with E-state index in [0.29, 0.717) is 0 Å². The molecule has 1 aliphatic heterocycles. The van der Waals surface area contributed by atoms with Gasteiger partial charge < -0.3 is 10.2 Å². The molecule has 0 aromatic heterocycles.